The highest BCUT2D eigenvalue weighted by molar-refractivity contribution is 7.09. The van der Waals surface area contributed by atoms with Crippen LogP contribution in [0.5, 0.6) is 0 Å². The van der Waals surface area contributed by atoms with Crippen molar-refractivity contribution in [2.75, 3.05) is 19.7 Å². The SMILES string of the molecule is Cl.O=C(CC1CNCCO1)NCc1nc(-c2ccccc2)cs1. The average molecular weight is 354 g/mol. The number of carbonyl (C=O) groups excluding carboxylic acids is 1. The number of benzene rings is 1. The third-order valence-corrected chi connectivity index (χ3v) is 4.32. The number of aromatic nitrogens is 1. The van der Waals surface area contributed by atoms with E-state index in [1.54, 1.807) is 11.3 Å². The van der Waals surface area contributed by atoms with Gasteiger partial charge >= 0.3 is 0 Å². The fraction of sp³-hybridized carbons (Fsp3) is 0.375. The van der Waals surface area contributed by atoms with Gasteiger partial charge in [0.25, 0.3) is 0 Å². The number of morpholine rings is 1. The van der Waals surface area contributed by atoms with Crippen molar-refractivity contribution >= 4 is 29.7 Å². The zero-order valence-corrected chi connectivity index (χ0v) is 14.3. The van der Waals surface area contributed by atoms with Gasteiger partial charge in [0, 0.05) is 24.0 Å². The molecule has 0 aliphatic carbocycles. The lowest BCUT2D eigenvalue weighted by molar-refractivity contribution is -0.124. The number of amides is 1. The van der Waals surface area contributed by atoms with Gasteiger partial charge in [-0.05, 0) is 0 Å². The second kappa shape index (κ2) is 8.98. The molecule has 1 fully saturated rings. The number of hydrogen-bond donors (Lipinski definition) is 2. The molecule has 124 valence electrons. The highest BCUT2D eigenvalue weighted by atomic mass is 35.5. The van der Waals surface area contributed by atoms with Crippen LogP contribution in [0.3, 0.4) is 0 Å². The van der Waals surface area contributed by atoms with E-state index in [1.807, 2.05) is 35.7 Å². The molecule has 1 atom stereocenters. The van der Waals surface area contributed by atoms with Crippen molar-refractivity contribution in [3.05, 3.63) is 40.7 Å². The van der Waals surface area contributed by atoms with Crippen LogP contribution in [0.4, 0.5) is 0 Å². The fourth-order valence-corrected chi connectivity index (χ4v) is 3.08. The lowest BCUT2D eigenvalue weighted by Gasteiger charge is -2.22. The van der Waals surface area contributed by atoms with E-state index in [4.69, 9.17) is 4.74 Å². The minimum atomic E-state index is -0.0232. The number of halogens is 1. The first-order chi connectivity index (χ1) is 10.8. The van der Waals surface area contributed by atoms with E-state index in [1.165, 1.54) is 0 Å². The van der Waals surface area contributed by atoms with Crippen LogP contribution in [0.25, 0.3) is 11.3 Å². The normalized spacial score (nSPS) is 17.3. The van der Waals surface area contributed by atoms with Gasteiger partial charge in [0.1, 0.15) is 5.01 Å². The van der Waals surface area contributed by atoms with Gasteiger partial charge in [-0.1, -0.05) is 30.3 Å². The third-order valence-electron chi connectivity index (χ3n) is 3.48. The second-order valence-corrected chi connectivity index (χ2v) is 6.11. The topological polar surface area (TPSA) is 63.2 Å². The van der Waals surface area contributed by atoms with Gasteiger partial charge < -0.3 is 15.4 Å². The second-order valence-electron chi connectivity index (χ2n) is 5.17. The van der Waals surface area contributed by atoms with Gasteiger partial charge in [-0.25, -0.2) is 4.98 Å². The Labute approximate surface area is 145 Å². The van der Waals surface area contributed by atoms with Crippen LogP contribution in [0.2, 0.25) is 0 Å². The zero-order valence-electron chi connectivity index (χ0n) is 12.7. The molecule has 1 aromatic carbocycles. The standard InChI is InChI=1S/C16H19N3O2S.ClH/c20-15(8-13-9-17-6-7-21-13)18-10-16-19-14(11-22-16)12-4-2-1-3-5-12;/h1-5,11,13,17H,6-10H2,(H,18,20);1H. The molecule has 0 radical (unpaired) electrons. The van der Waals surface area contributed by atoms with E-state index in [0.29, 0.717) is 19.6 Å². The molecule has 0 spiro atoms. The molecule has 1 unspecified atom stereocenters. The van der Waals surface area contributed by atoms with Crippen molar-refractivity contribution in [1.82, 2.24) is 15.6 Å². The maximum absolute atomic E-state index is 11.9. The third kappa shape index (κ3) is 5.28. The quantitative estimate of drug-likeness (QED) is 0.865. The van der Waals surface area contributed by atoms with Crippen molar-refractivity contribution in [3.8, 4) is 11.3 Å². The Hall–Kier alpha value is -1.47. The summed E-state index contributed by atoms with van der Waals surface area (Å²) in [5.74, 6) is 0.00478. The molecule has 2 N–H and O–H groups in total. The van der Waals surface area contributed by atoms with Gasteiger partial charge in [-0.3, -0.25) is 4.79 Å². The number of ether oxygens (including phenoxy) is 1. The summed E-state index contributed by atoms with van der Waals surface area (Å²) in [6.45, 7) is 2.74. The molecule has 7 heteroatoms. The maximum Gasteiger partial charge on any atom is 0.223 e. The molecule has 2 heterocycles. The Morgan fingerprint density at radius 3 is 2.96 bits per heavy atom. The van der Waals surface area contributed by atoms with Gasteiger partial charge in [0.15, 0.2) is 0 Å². The summed E-state index contributed by atoms with van der Waals surface area (Å²) in [5.41, 5.74) is 2.05. The molecule has 3 rings (SSSR count). The smallest absolute Gasteiger partial charge is 0.223 e. The van der Waals surface area contributed by atoms with Crippen molar-refractivity contribution < 1.29 is 9.53 Å². The first-order valence-electron chi connectivity index (χ1n) is 7.40. The van der Waals surface area contributed by atoms with E-state index >= 15 is 0 Å². The number of nitrogens with zero attached hydrogens (tertiary/aromatic N) is 1. The molecule has 1 aliphatic rings. The molecule has 0 bridgehead atoms. The zero-order chi connectivity index (χ0) is 15.2. The maximum atomic E-state index is 11.9. The molecule has 2 aromatic rings. The Bertz CT molecular complexity index is 615. The van der Waals surface area contributed by atoms with Crippen molar-refractivity contribution in [3.63, 3.8) is 0 Å². The first-order valence-corrected chi connectivity index (χ1v) is 8.28. The van der Waals surface area contributed by atoms with Crippen LogP contribution >= 0.6 is 23.7 Å². The van der Waals surface area contributed by atoms with Crippen LogP contribution in [0, 0.1) is 0 Å². The number of thiazole rings is 1. The Balaban J connectivity index is 0.00000192. The minimum Gasteiger partial charge on any atom is -0.375 e. The summed E-state index contributed by atoms with van der Waals surface area (Å²) in [5, 5.41) is 9.06. The van der Waals surface area contributed by atoms with Gasteiger partial charge in [0.2, 0.25) is 5.91 Å². The Morgan fingerprint density at radius 2 is 2.22 bits per heavy atom. The van der Waals surface area contributed by atoms with E-state index < -0.39 is 0 Å². The largest absolute Gasteiger partial charge is 0.375 e. The first kappa shape index (κ1) is 17.9. The number of hydrogen-bond acceptors (Lipinski definition) is 5. The summed E-state index contributed by atoms with van der Waals surface area (Å²) in [4.78, 5) is 16.5. The summed E-state index contributed by atoms with van der Waals surface area (Å²) in [6, 6.07) is 10.0. The van der Waals surface area contributed by atoms with Gasteiger partial charge in [0.05, 0.1) is 31.4 Å². The molecular weight excluding hydrogens is 334 g/mol. The molecule has 0 saturated carbocycles. The predicted molar refractivity (Wildman–Crippen MR) is 93.9 cm³/mol. The molecule has 1 amide bonds. The van der Waals surface area contributed by atoms with E-state index in [0.717, 1.165) is 29.4 Å². The Kier molecular flexibility index (Phi) is 6.98. The van der Waals surface area contributed by atoms with Crippen LogP contribution in [0.1, 0.15) is 11.4 Å². The summed E-state index contributed by atoms with van der Waals surface area (Å²) >= 11 is 1.56. The predicted octanol–water partition coefficient (Wildman–Crippen LogP) is 2.23. The number of carbonyl (C=O) groups is 1. The van der Waals surface area contributed by atoms with E-state index in [2.05, 4.69) is 15.6 Å². The molecule has 1 aliphatic heterocycles. The van der Waals surface area contributed by atoms with Crippen molar-refractivity contribution in [2.45, 2.75) is 19.1 Å². The summed E-state index contributed by atoms with van der Waals surface area (Å²) in [7, 11) is 0. The summed E-state index contributed by atoms with van der Waals surface area (Å²) in [6.07, 6.45) is 0.370. The van der Waals surface area contributed by atoms with Crippen molar-refractivity contribution in [2.24, 2.45) is 0 Å². The number of rotatable bonds is 5. The van der Waals surface area contributed by atoms with Gasteiger partial charge in [-0.15, -0.1) is 23.7 Å². The molecule has 23 heavy (non-hydrogen) atoms. The highest BCUT2D eigenvalue weighted by Crippen LogP contribution is 2.21. The fourth-order valence-electron chi connectivity index (χ4n) is 2.34. The average Bonchev–Trinajstić information content (AvgIpc) is 3.04. The Morgan fingerprint density at radius 1 is 1.39 bits per heavy atom. The lowest BCUT2D eigenvalue weighted by atomic mass is 10.2. The van der Waals surface area contributed by atoms with Crippen LogP contribution in [0.15, 0.2) is 35.7 Å². The molecule has 1 aromatic heterocycles. The lowest BCUT2D eigenvalue weighted by Crippen LogP contribution is -2.41. The number of nitrogens with one attached hydrogen (secondary N) is 2. The molecule has 5 nitrogen and oxygen atoms in total. The van der Waals surface area contributed by atoms with Crippen LogP contribution in [-0.4, -0.2) is 36.7 Å². The van der Waals surface area contributed by atoms with Gasteiger partial charge in [-0.2, -0.15) is 0 Å². The summed E-state index contributed by atoms with van der Waals surface area (Å²) < 4.78 is 5.53. The van der Waals surface area contributed by atoms with E-state index in [9.17, 15) is 4.79 Å². The monoisotopic (exact) mass is 353 g/mol. The van der Waals surface area contributed by atoms with E-state index in [-0.39, 0.29) is 24.4 Å². The highest BCUT2D eigenvalue weighted by Gasteiger charge is 2.17. The van der Waals surface area contributed by atoms with Crippen LogP contribution in [-0.2, 0) is 16.1 Å². The molecule has 1 saturated heterocycles. The van der Waals surface area contributed by atoms with Crippen molar-refractivity contribution in [1.29, 1.82) is 0 Å². The van der Waals surface area contributed by atoms with Crippen LogP contribution < -0.4 is 10.6 Å². The molecular formula is C16H20ClN3O2S. The minimum absolute atomic E-state index is 0.